The summed E-state index contributed by atoms with van der Waals surface area (Å²) in [6.07, 6.45) is -3.20. The van der Waals surface area contributed by atoms with Gasteiger partial charge >= 0.3 is 5.97 Å². The number of pyridine rings is 1. The summed E-state index contributed by atoms with van der Waals surface area (Å²) in [6, 6.07) is 1.11. The summed E-state index contributed by atoms with van der Waals surface area (Å²) < 4.78 is 29.7. The minimum Gasteiger partial charge on any atom is -0.469 e. The van der Waals surface area contributed by atoms with Crippen LogP contribution in [0.1, 0.15) is 17.7 Å². The number of hydrogen-bond donors (Lipinski definition) is 1. The second-order valence-corrected chi connectivity index (χ2v) is 3.34. The van der Waals surface area contributed by atoms with E-state index in [1.165, 1.54) is 0 Å². The van der Waals surface area contributed by atoms with Crippen molar-refractivity contribution in [3.05, 3.63) is 22.5 Å². The van der Waals surface area contributed by atoms with Crippen molar-refractivity contribution in [2.24, 2.45) is 0 Å². The molecule has 4 nitrogen and oxygen atoms in total. The van der Waals surface area contributed by atoms with E-state index in [1.807, 2.05) is 0 Å². The molecular formula is C9H9ClF2N2O2. The number of carbonyl (C=O) groups is 1. The van der Waals surface area contributed by atoms with Crippen molar-refractivity contribution in [3.8, 4) is 0 Å². The highest BCUT2D eigenvalue weighted by Gasteiger charge is 2.21. The molecule has 16 heavy (non-hydrogen) atoms. The van der Waals surface area contributed by atoms with E-state index >= 15 is 0 Å². The van der Waals surface area contributed by atoms with Crippen LogP contribution in [0.15, 0.2) is 6.07 Å². The van der Waals surface area contributed by atoms with Crippen LogP contribution < -0.4 is 5.73 Å². The van der Waals surface area contributed by atoms with Crippen molar-refractivity contribution in [2.75, 3.05) is 12.8 Å². The standard InChI is InChI=1S/C9H9ClF2N2O2/c1-16-7(15)3-5-8(9(11)12)4(13)2-6(10)14-5/h2,9H,3H2,1H3,(H2,13,14). The number of esters is 1. The molecule has 0 spiro atoms. The van der Waals surface area contributed by atoms with Gasteiger partial charge in [0.1, 0.15) is 5.15 Å². The number of halogens is 3. The van der Waals surface area contributed by atoms with E-state index < -0.39 is 18.0 Å². The molecule has 0 bridgehead atoms. The molecule has 7 heteroatoms. The maximum atomic E-state index is 12.7. The third-order valence-electron chi connectivity index (χ3n) is 1.90. The fraction of sp³-hybridized carbons (Fsp3) is 0.333. The van der Waals surface area contributed by atoms with Gasteiger partial charge in [-0.05, 0) is 6.07 Å². The van der Waals surface area contributed by atoms with E-state index in [-0.39, 0.29) is 23.0 Å². The van der Waals surface area contributed by atoms with E-state index in [0.29, 0.717) is 0 Å². The molecule has 0 aliphatic rings. The van der Waals surface area contributed by atoms with Gasteiger partial charge < -0.3 is 10.5 Å². The van der Waals surface area contributed by atoms with Gasteiger partial charge in [0.2, 0.25) is 0 Å². The summed E-state index contributed by atoms with van der Waals surface area (Å²) in [6.45, 7) is 0. The third-order valence-corrected chi connectivity index (χ3v) is 2.09. The van der Waals surface area contributed by atoms with Gasteiger partial charge in [0.25, 0.3) is 6.43 Å². The van der Waals surface area contributed by atoms with Crippen LogP contribution in [0.25, 0.3) is 0 Å². The Hall–Kier alpha value is -1.43. The van der Waals surface area contributed by atoms with E-state index in [0.717, 1.165) is 13.2 Å². The van der Waals surface area contributed by atoms with Gasteiger partial charge in [0.15, 0.2) is 0 Å². The number of rotatable bonds is 3. The molecule has 0 saturated heterocycles. The zero-order valence-corrected chi connectivity index (χ0v) is 9.09. The molecule has 0 unspecified atom stereocenters. The molecule has 0 aromatic carbocycles. The number of methoxy groups -OCH3 is 1. The second-order valence-electron chi connectivity index (χ2n) is 2.95. The van der Waals surface area contributed by atoms with Crippen molar-refractivity contribution in [1.29, 1.82) is 0 Å². The molecule has 1 rings (SSSR count). The first-order chi connectivity index (χ1) is 7.45. The van der Waals surface area contributed by atoms with Gasteiger partial charge in [-0.3, -0.25) is 4.79 Å². The van der Waals surface area contributed by atoms with Crippen LogP contribution in [0.3, 0.4) is 0 Å². The minimum atomic E-state index is -2.82. The summed E-state index contributed by atoms with van der Waals surface area (Å²) >= 11 is 5.57. The summed E-state index contributed by atoms with van der Waals surface area (Å²) in [7, 11) is 1.15. The fourth-order valence-electron chi connectivity index (χ4n) is 1.19. The number of hydrogen-bond acceptors (Lipinski definition) is 4. The van der Waals surface area contributed by atoms with Crippen LogP contribution in [0.4, 0.5) is 14.5 Å². The van der Waals surface area contributed by atoms with Crippen molar-refractivity contribution in [1.82, 2.24) is 4.98 Å². The predicted octanol–water partition coefficient (Wildman–Crippen LogP) is 1.97. The number of nitrogens with zero attached hydrogens (tertiary/aromatic N) is 1. The first kappa shape index (κ1) is 12.6. The lowest BCUT2D eigenvalue weighted by Gasteiger charge is -2.10. The Labute approximate surface area is 95.4 Å². The van der Waals surface area contributed by atoms with E-state index in [9.17, 15) is 13.6 Å². The molecule has 0 radical (unpaired) electrons. The van der Waals surface area contributed by atoms with Crippen molar-refractivity contribution in [3.63, 3.8) is 0 Å². The highest BCUT2D eigenvalue weighted by atomic mass is 35.5. The molecular weight excluding hydrogens is 242 g/mol. The maximum Gasteiger partial charge on any atom is 0.311 e. The Morgan fingerprint density at radius 3 is 2.81 bits per heavy atom. The molecule has 0 saturated carbocycles. The molecule has 0 aliphatic carbocycles. The van der Waals surface area contributed by atoms with Crippen LogP contribution in [0.2, 0.25) is 5.15 Å². The molecule has 88 valence electrons. The molecule has 0 aliphatic heterocycles. The molecule has 0 atom stereocenters. The zero-order chi connectivity index (χ0) is 12.3. The number of carbonyl (C=O) groups excluding carboxylic acids is 1. The average Bonchev–Trinajstić information content (AvgIpc) is 2.15. The quantitative estimate of drug-likeness (QED) is 0.658. The normalized spacial score (nSPS) is 10.6. The Balaban J connectivity index is 3.18. The first-order valence-corrected chi connectivity index (χ1v) is 4.63. The predicted molar refractivity (Wildman–Crippen MR) is 54.3 cm³/mol. The lowest BCUT2D eigenvalue weighted by Crippen LogP contribution is -2.11. The van der Waals surface area contributed by atoms with Crippen molar-refractivity contribution >= 4 is 23.3 Å². The smallest absolute Gasteiger partial charge is 0.311 e. The molecule has 0 fully saturated rings. The monoisotopic (exact) mass is 250 g/mol. The van der Waals surface area contributed by atoms with Gasteiger partial charge in [0, 0.05) is 5.69 Å². The third kappa shape index (κ3) is 2.79. The summed E-state index contributed by atoms with van der Waals surface area (Å²) in [5.41, 5.74) is 4.56. The summed E-state index contributed by atoms with van der Waals surface area (Å²) in [5, 5.41) is -0.0409. The van der Waals surface area contributed by atoms with Crippen LogP contribution in [-0.2, 0) is 16.0 Å². The maximum absolute atomic E-state index is 12.7. The molecule has 1 aromatic heterocycles. The first-order valence-electron chi connectivity index (χ1n) is 4.25. The van der Waals surface area contributed by atoms with E-state index in [1.54, 1.807) is 0 Å². The van der Waals surface area contributed by atoms with E-state index in [4.69, 9.17) is 17.3 Å². The molecule has 2 N–H and O–H groups in total. The minimum absolute atomic E-state index is 0.0409. The Bertz CT molecular complexity index is 413. The van der Waals surface area contributed by atoms with Crippen LogP contribution in [-0.4, -0.2) is 18.1 Å². The number of alkyl halides is 2. The topological polar surface area (TPSA) is 65.2 Å². The zero-order valence-electron chi connectivity index (χ0n) is 8.34. The van der Waals surface area contributed by atoms with Gasteiger partial charge in [-0.2, -0.15) is 0 Å². The Morgan fingerprint density at radius 1 is 1.69 bits per heavy atom. The highest BCUT2D eigenvalue weighted by Crippen LogP contribution is 2.29. The van der Waals surface area contributed by atoms with Crippen LogP contribution in [0.5, 0.6) is 0 Å². The Kier molecular flexibility index (Phi) is 4.00. The largest absolute Gasteiger partial charge is 0.469 e. The van der Waals surface area contributed by atoms with Crippen molar-refractivity contribution in [2.45, 2.75) is 12.8 Å². The number of anilines is 1. The molecule has 1 aromatic rings. The second kappa shape index (κ2) is 5.07. The van der Waals surface area contributed by atoms with Gasteiger partial charge in [-0.25, -0.2) is 13.8 Å². The number of ether oxygens (including phenoxy) is 1. The van der Waals surface area contributed by atoms with Crippen molar-refractivity contribution < 1.29 is 18.3 Å². The summed E-state index contributed by atoms with van der Waals surface area (Å²) in [5.74, 6) is -0.684. The number of nitrogen functional groups attached to an aromatic ring is 1. The van der Waals surface area contributed by atoms with Gasteiger partial charge in [0.05, 0.1) is 24.8 Å². The van der Waals surface area contributed by atoms with Crippen LogP contribution in [0, 0.1) is 0 Å². The highest BCUT2D eigenvalue weighted by molar-refractivity contribution is 6.29. The SMILES string of the molecule is COC(=O)Cc1nc(Cl)cc(N)c1C(F)F. The van der Waals surface area contributed by atoms with E-state index in [2.05, 4.69) is 9.72 Å². The van der Waals surface area contributed by atoms with Crippen LogP contribution >= 0.6 is 11.6 Å². The number of aromatic nitrogens is 1. The fourth-order valence-corrected chi connectivity index (χ4v) is 1.41. The lowest BCUT2D eigenvalue weighted by molar-refractivity contribution is -0.139. The van der Waals surface area contributed by atoms with Gasteiger partial charge in [-0.15, -0.1) is 0 Å². The molecule has 1 heterocycles. The lowest BCUT2D eigenvalue weighted by atomic mass is 10.1. The van der Waals surface area contributed by atoms with Gasteiger partial charge in [-0.1, -0.05) is 11.6 Å². The average molecular weight is 251 g/mol. The Morgan fingerprint density at radius 2 is 2.31 bits per heavy atom. The molecule has 0 amide bonds. The summed E-state index contributed by atoms with van der Waals surface area (Å²) in [4.78, 5) is 14.6. The number of nitrogens with two attached hydrogens (primary N) is 1.